The fourth-order valence-electron chi connectivity index (χ4n) is 6.33. The predicted molar refractivity (Wildman–Crippen MR) is 288 cm³/mol. The van der Waals surface area contributed by atoms with Crippen molar-refractivity contribution in [1.29, 1.82) is 10.5 Å². The van der Waals surface area contributed by atoms with Gasteiger partial charge in [0.15, 0.2) is 10.1 Å². The Labute approximate surface area is 479 Å². The summed E-state index contributed by atoms with van der Waals surface area (Å²) < 4.78 is 58.9. The van der Waals surface area contributed by atoms with E-state index in [0.717, 1.165) is 81.5 Å². The van der Waals surface area contributed by atoms with Gasteiger partial charge in [-0.3, -0.25) is 4.98 Å². The molecule has 78 heavy (non-hydrogen) atoms. The predicted octanol–water partition coefficient (Wildman–Crippen LogP) is 12.7. The fourth-order valence-corrected chi connectivity index (χ4v) is 6.33. The Morgan fingerprint density at radius 2 is 0.769 bits per heavy atom. The van der Waals surface area contributed by atoms with E-state index in [1.165, 1.54) is 0 Å². The summed E-state index contributed by atoms with van der Waals surface area (Å²) in [6.07, 6.45) is 7.15. The maximum atomic E-state index is 10.7. The van der Waals surface area contributed by atoms with Gasteiger partial charge in [0.2, 0.25) is 0 Å². The van der Waals surface area contributed by atoms with Crippen LogP contribution in [0.5, 0.6) is 0 Å². The van der Waals surface area contributed by atoms with Crippen LogP contribution in [-0.2, 0) is 50.3 Å². The zero-order chi connectivity index (χ0) is 55.0. The first-order valence-electron chi connectivity index (χ1n) is 22.6. The largest absolute Gasteiger partial charge is 0.741 e. The van der Waals surface area contributed by atoms with Crippen LogP contribution in [0.25, 0.3) is 67.3 Å². The van der Waals surface area contributed by atoms with E-state index in [-0.39, 0.29) is 40.2 Å². The molecule has 11 nitrogen and oxygen atoms in total. The van der Waals surface area contributed by atoms with Crippen molar-refractivity contribution in [3.8, 4) is 79.4 Å². The molecule has 10 aromatic rings. The molecule has 0 fully saturated rings. The molecule has 2 N–H and O–H groups in total. The van der Waals surface area contributed by atoms with Gasteiger partial charge in [-0.1, -0.05) is 84.9 Å². The Morgan fingerprint density at radius 3 is 1.12 bits per heavy atom. The van der Waals surface area contributed by atoms with Crippen LogP contribution in [0, 0.1) is 40.9 Å². The minimum atomic E-state index is -6.09. The van der Waals surface area contributed by atoms with Crippen molar-refractivity contribution >= 4 is 10.1 Å². The van der Waals surface area contributed by atoms with Gasteiger partial charge in [0, 0.05) is 84.8 Å². The Bertz CT molecular complexity index is 3140. The van der Waals surface area contributed by atoms with Crippen molar-refractivity contribution in [3.63, 3.8) is 0 Å². The smallest absolute Gasteiger partial charge is 0.485 e. The molecule has 0 aliphatic rings. The first-order chi connectivity index (χ1) is 36.9. The molecular formula is C61H47F3Ir2N6O5S-4. The zero-order valence-corrected chi connectivity index (χ0v) is 47.1. The molecule has 0 atom stereocenters. The summed E-state index contributed by atoms with van der Waals surface area (Å²) in [6.45, 7) is 0. The summed E-state index contributed by atoms with van der Waals surface area (Å²) in [5, 5.41) is 31.7. The van der Waals surface area contributed by atoms with Crippen molar-refractivity contribution in [2.24, 2.45) is 0 Å². The van der Waals surface area contributed by atoms with Crippen molar-refractivity contribution < 1.29 is 76.6 Å². The monoisotopic (exact) mass is 1420 g/mol. The molecule has 6 aromatic carbocycles. The topological polar surface area (TPSA) is 197 Å². The Balaban J connectivity index is 0.000000337. The van der Waals surface area contributed by atoms with Gasteiger partial charge in [0.25, 0.3) is 0 Å². The van der Waals surface area contributed by atoms with Crippen LogP contribution in [-0.4, -0.2) is 62.8 Å². The van der Waals surface area contributed by atoms with Gasteiger partial charge in [0.05, 0.1) is 29.0 Å². The molecule has 2 radical (unpaired) electrons. The van der Waals surface area contributed by atoms with Crippen LogP contribution in [0.1, 0.15) is 11.1 Å². The number of alkyl halides is 3. The number of rotatable bonds is 6. The molecule has 0 unspecified atom stereocenters. The number of hydrogen-bond donors (Lipinski definition) is 2. The molecule has 0 aliphatic carbocycles. The molecule has 4 heterocycles. The SMILES string of the molecule is CO.CO.N#Cc1ccc(-c2cc[c-]c(-c3ccccn3)c2)cc1.N#Cc1ccc(-c2cccc(-c3ccccn3)c2)cc1.O=S(=O)([O-])C(F)(F)F.[Ir].[Ir].[c-]1ccccc1-c1ccccn1.[c-]1ccccc1-c1ccccn1. The quantitative estimate of drug-likeness (QED) is 0.0913. The molecule has 0 amide bonds. The number of nitrogens with zero attached hydrogens (tertiary/aromatic N) is 6. The maximum absolute atomic E-state index is 10.7. The van der Waals surface area contributed by atoms with Crippen molar-refractivity contribution in [2.45, 2.75) is 5.51 Å². The Morgan fingerprint density at radius 1 is 0.423 bits per heavy atom. The van der Waals surface area contributed by atoms with Crippen molar-refractivity contribution in [3.05, 3.63) is 266 Å². The number of aliphatic hydroxyl groups excluding tert-OH is 2. The van der Waals surface area contributed by atoms with Gasteiger partial charge < -0.3 is 29.7 Å². The van der Waals surface area contributed by atoms with Crippen LogP contribution in [0.15, 0.2) is 237 Å². The maximum Gasteiger partial charge on any atom is 0.485 e. The first-order valence-corrected chi connectivity index (χ1v) is 24.0. The third kappa shape index (κ3) is 22.2. The van der Waals surface area contributed by atoms with E-state index in [2.05, 4.69) is 74.5 Å². The van der Waals surface area contributed by atoms with Crippen LogP contribution >= 0.6 is 0 Å². The minimum absolute atomic E-state index is 0. The number of halogens is 3. The molecule has 4 aromatic heterocycles. The molecule has 0 saturated carbocycles. The molecule has 0 bridgehead atoms. The Hall–Kier alpha value is -8.18. The van der Waals surface area contributed by atoms with Crippen molar-refractivity contribution in [1.82, 2.24) is 19.9 Å². The van der Waals surface area contributed by atoms with Crippen LogP contribution in [0.2, 0.25) is 0 Å². The van der Waals surface area contributed by atoms with Crippen molar-refractivity contribution in [2.75, 3.05) is 14.2 Å². The summed E-state index contributed by atoms with van der Waals surface area (Å²) in [6, 6.07) is 82.2. The molecule has 400 valence electrons. The summed E-state index contributed by atoms with van der Waals surface area (Å²) >= 11 is 0. The van der Waals surface area contributed by atoms with Gasteiger partial charge in [-0.2, -0.15) is 23.7 Å². The summed E-state index contributed by atoms with van der Waals surface area (Å²) in [7, 11) is -4.09. The van der Waals surface area contributed by atoms with E-state index in [1.807, 2.05) is 188 Å². The number of aliphatic hydroxyl groups is 2. The standard InChI is InChI=1S/C18H12N2.C18H11N2.2C11H8N.CHF3O3S.2CH4O.2Ir/c2*19-13-14-7-9-15(10-8-14)16-4-3-5-17(12-16)18-6-1-2-11-20-18;2*1-2-6-10(7-3-1)11-8-4-5-9-12-11;2-1(3,4)8(5,6)7;2*1-2;;/h1-12H;1-4,6-12H;2*1-6,8-9H;(H,5,6,7);2*2H,1H3;;/q;3*-1;;;;;/p-1. The molecule has 17 heteroatoms. The Kier molecular flexibility index (Phi) is 30.4. The van der Waals surface area contributed by atoms with Crippen LogP contribution in [0.3, 0.4) is 0 Å². The van der Waals surface area contributed by atoms with Crippen LogP contribution in [0.4, 0.5) is 13.2 Å². The molecule has 0 spiro atoms. The number of hydrogen-bond acceptors (Lipinski definition) is 11. The van der Waals surface area contributed by atoms with E-state index in [9.17, 15) is 13.2 Å². The zero-order valence-electron chi connectivity index (χ0n) is 41.5. The van der Waals surface area contributed by atoms with E-state index in [4.69, 9.17) is 33.7 Å². The molecule has 10 rings (SSSR count). The number of nitriles is 2. The second-order valence-electron chi connectivity index (χ2n) is 14.8. The van der Waals surface area contributed by atoms with Crippen LogP contribution < -0.4 is 0 Å². The third-order valence-corrected chi connectivity index (χ3v) is 10.4. The average molecular weight is 1420 g/mol. The normalized spacial score (nSPS) is 9.67. The van der Waals surface area contributed by atoms with Gasteiger partial charge in [-0.05, 0) is 94.4 Å². The van der Waals surface area contributed by atoms with E-state index < -0.39 is 15.6 Å². The van der Waals surface area contributed by atoms with E-state index >= 15 is 0 Å². The van der Waals surface area contributed by atoms with Gasteiger partial charge >= 0.3 is 5.51 Å². The fraction of sp³-hybridized carbons (Fsp3) is 0.0492. The van der Waals surface area contributed by atoms with E-state index in [1.54, 1.807) is 24.8 Å². The third-order valence-electron chi connectivity index (χ3n) is 9.84. The average Bonchev–Trinajstić information content (AvgIpc) is 3.50. The number of benzene rings is 6. The van der Waals surface area contributed by atoms with Gasteiger partial charge in [0.1, 0.15) is 0 Å². The molecular weight excluding hydrogens is 1370 g/mol. The number of aromatic nitrogens is 4. The van der Waals surface area contributed by atoms with E-state index in [0.29, 0.717) is 11.1 Å². The van der Waals surface area contributed by atoms with Gasteiger partial charge in [-0.15, -0.1) is 107 Å². The summed E-state index contributed by atoms with van der Waals surface area (Å²) in [5.74, 6) is 0. The minimum Gasteiger partial charge on any atom is -0.741 e. The second-order valence-corrected chi connectivity index (χ2v) is 16.1. The second kappa shape index (κ2) is 36.0. The molecule has 0 aliphatic heterocycles. The number of pyridine rings is 4. The first kappa shape index (κ1) is 65.9. The summed E-state index contributed by atoms with van der Waals surface area (Å²) in [5.41, 5.74) is 8.03. The summed E-state index contributed by atoms with van der Waals surface area (Å²) in [4.78, 5) is 17.1. The molecule has 0 saturated heterocycles. The van der Waals surface area contributed by atoms with Gasteiger partial charge in [-0.25, -0.2) is 8.42 Å².